The number of carbonyl (C=O) groups is 8. The zero-order valence-electron chi connectivity index (χ0n) is 34.9. The normalized spacial score (nSPS) is 15.1. The van der Waals surface area contributed by atoms with Crippen molar-refractivity contribution in [3.8, 4) is 5.75 Å². The van der Waals surface area contributed by atoms with Crippen LogP contribution in [0.15, 0.2) is 53.3 Å². The monoisotopic (exact) mass is 902 g/mol. The van der Waals surface area contributed by atoms with Crippen LogP contribution in [-0.4, -0.2) is 133 Å². The van der Waals surface area contributed by atoms with Crippen LogP contribution in [0, 0.1) is 6.92 Å². The average molecular weight is 903 g/mol. The number of benzene rings is 2. The van der Waals surface area contributed by atoms with Gasteiger partial charge >= 0.3 is 5.97 Å². The summed E-state index contributed by atoms with van der Waals surface area (Å²) in [7, 11) is 1.83. The molecule has 0 bridgehead atoms. The second-order valence-electron chi connectivity index (χ2n) is 14.7. The van der Waals surface area contributed by atoms with E-state index in [2.05, 4.69) is 31.2 Å². The summed E-state index contributed by atoms with van der Waals surface area (Å²) in [5.41, 5.74) is 1.18. The first-order chi connectivity index (χ1) is 30.7. The van der Waals surface area contributed by atoms with Gasteiger partial charge in [0.25, 0.3) is 29.2 Å². The van der Waals surface area contributed by atoms with Crippen LogP contribution in [0.2, 0.25) is 0 Å². The number of fused-ring (bicyclic) bond motifs is 2. The molecule has 6 rings (SSSR count). The number of anilines is 1. The molecule has 4 heterocycles. The van der Waals surface area contributed by atoms with Crippen molar-refractivity contribution in [2.45, 2.75) is 51.2 Å². The minimum atomic E-state index is -1.30. The Bertz CT molecular complexity index is 2520. The van der Waals surface area contributed by atoms with Crippen molar-refractivity contribution in [2.24, 2.45) is 0 Å². The van der Waals surface area contributed by atoms with Gasteiger partial charge in [0, 0.05) is 39.5 Å². The first-order valence-corrected chi connectivity index (χ1v) is 21.0. The summed E-state index contributed by atoms with van der Waals surface area (Å²) in [5.74, 6) is -4.96. The molecule has 21 nitrogen and oxygen atoms in total. The summed E-state index contributed by atoms with van der Waals surface area (Å²) in [4.78, 5) is 122. The number of amides is 7. The van der Waals surface area contributed by atoms with E-state index in [4.69, 9.17) is 14.2 Å². The molecule has 338 valence electrons. The van der Waals surface area contributed by atoms with Gasteiger partial charge in [-0.3, -0.25) is 48.6 Å². The highest BCUT2D eigenvalue weighted by Gasteiger charge is 2.46. The Morgan fingerprint density at radius 3 is 2.41 bits per heavy atom. The summed E-state index contributed by atoms with van der Waals surface area (Å²) >= 11 is 1.17. The van der Waals surface area contributed by atoms with Crippen molar-refractivity contribution < 1.29 is 57.7 Å². The Morgan fingerprint density at radius 2 is 1.69 bits per heavy atom. The number of hydrogen-bond acceptors (Lipinski definition) is 15. The minimum Gasteiger partial charge on any atom is -0.483 e. The van der Waals surface area contributed by atoms with Crippen LogP contribution in [0.1, 0.15) is 67.5 Å². The molecule has 2 aliphatic rings. The second kappa shape index (κ2) is 21.4. The Labute approximate surface area is 368 Å². The maximum atomic E-state index is 13.2. The smallest absolute Gasteiger partial charge is 0.326 e. The third-order valence-corrected chi connectivity index (χ3v) is 11.3. The average Bonchev–Trinajstić information content (AvgIpc) is 3.85. The van der Waals surface area contributed by atoms with Crippen molar-refractivity contribution in [2.75, 3.05) is 58.1 Å². The predicted octanol–water partition coefficient (Wildman–Crippen LogP) is 0.638. The molecular weight excluding hydrogens is 857 g/mol. The third-order valence-electron chi connectivity index (χ3n) is 10.1. The molecule has 1 saturated heterocycles. The summed E-state index contributed by atoms with van der Waals surface area (Å²) in [6.45, 7) is 2.62. The van der Waals surface area contributed by atoms with E-state index < -0.39 is 66.0 Å². The van der Waals surface area contributed by atoms with E-state index in [1.165, 1.54) is 29.5 Å². The number of thiophene rings is 1. The number of H-pyrrole nitrogens is 1. The maximum Gasteiger partial charge on any atom is 0.326 e. The SMILES string of the molecule is Cc1nc2ccc(CN(C)c3ccc(C(=O)N[C@@H](CCC(=O)NCCOCCOCCNC(=O)COc4cccc5c4C(=O)N(C4CCC(=O)NC4=O)C5=O)C(=O)O)s3)cc2c(=O)[nH]1. The minimum absolute atomic E-state index is 0.00265. The molecule has 2 aromatic carbocycles. The van der Waals surface area contributed by atoms with Crippen LogP contribution >= 0.6 is 11.3 Å². The third kappa shape index (κ3) is 11.7. The van der Waals surface area contributed by atoms with Gasteiger partial charge in [0.05, 0.1) is 58.3 Å². The van der Waals surface area contributed by atoms with Gasteiger partial charge in [-0.05, 0) is 61.7 Å². The topological polar surface area (TPSA) is 285 Å². The van der Waals surface area contributed by atoms with Gasteiger partial charge in [0.1, 0.15) is 23.7 Å². The first-order valence-electron chi connectivity index (χ1n) is 20.2. The predicted molar refractivity (Wildman–Crippen MR) is 228 cm³/mol. The van der Waals surface area contributed by atoms with Gasteiger partial charge in [0.2, 0.25) is 17.7 Å². The van der Waals surface area contributed by atoms with E-state index >= 15 is 0 Å². The number of aliphatic carboxylic acids is 1. The lowest BCUT2D eigenvalue weighted by atomic mass is 10.0. The number of carbonyl (C=O) groups excluding carboxylic acids is 7. The number of ether oxygens (including phenoxy) is 3. The van der Waals surface area contributed by atoms with Gasteiger partial charge in [-0.2, -0.15) is 0 Å². The zero-order valence-corrected chi connectivity index (χ0v) is 35.7. The van der Waals surface area contributed by atoms with E-state index in [9.17, 15) is 48.3 Å². The van der Waals surface area contributed by atoms with Crippen LogP contribution in [0.4, 0.5) is 5.00 Å². The van der Waals surface area contributed by atoms with E-state index in [0.717, 1.165) is 15.5 Å². The number of aromatic amines is 1. The van der Waals surface area contributed by atoms with E-state index in [0.29, 0.717) is 23.3 Å². The Hall–Kier alpha value is -7.04. The highest BCUT2D eigenvalue weighted by molar-refractivity contribution is 7.18. The van der Waals surface area contributed by atoms with Crippen LogP contribution in [0.5, 0.6) is 5.75 Å². The number of carboxylic acid groups (broad SMARTS) is 1. The lowest BCUT2D eigenvalue weighted by molar-refractivity contribution is -0.140. The fourth-order valence-electron chi connectivity index (χ4n) is 6.90. The molecule has 4 aromatic rings. The molecule has 0 aliphatic carbocycles. The number of hydrogen-bond donors (Lipinski definition) is 6. The number of nitrogens with zero attached hydrogens (tertiary/aromatic N) is 3. The molecule has 0 spiro atoms. The molecule has 1 fully saturated rings. The van der Waals surface area contributed by atoms with Crippen molar-refractivity contribution >= 4 is 74.6 Å². The lowest BCUT2D eigenvalue weighted by Crippen LogP contribution is -2.54. The molecule has 0 radical (unpaired) electrons. The number of piperidine rings is 1. The number of aryl methyl sites for hydroxylation is 1. The number of imide groups is 2. The first kappa shape index (κ1) is 46.5. The van der Waals surface area contributed by atoms with Gasteiger partial charge in [-0.1, -0.05) is 12.1 Å². The standard InChI is InChI=1S/C42H46N8O13S/c1-23-45-27-7-6-24(20-26(27)37(54)46-23)21-49(2)35-13-10-31(64-35)39(56)47-28(42(59)60)8-11-32(51)43-14-16-61-18-19-62-17-15-44-34(53)22-63-30-5-3-4-25-36(30)41(58)50(40(25)57)29-9-12-33(52)48-38(29)55/h3-7,10,13,20,28-29H,8-9,11-12,14-19,21-22H2,1-2H3,(H,43,51)(H,44,53)(H,47,56)(H,59,60)(H,45,46,54)(H,48,52,55)/t28-,29?/m0/s1. The van der Waals surface area contributed by atoms with Crippen molar-refractivity contribution in [1.29, 1.82) is 0 Å². The zero-order chi connectivity index (χ0) is 45.9. The summed E-state index contributed by atoms with van der Waals surface area (Å²) in [6, 6.07) is 10.7. The van der Waals surface area contributed by atoms with E-state index in [1.54, 1.807) is 31.2 Å². The molecule has 2 aliphatic heterocycles. The fraction of sp³-hybridized carbons (Fsp3) is 0.381. The van der Waals surface area contributed by atoms with Gasteiger partial charge in [0.15, 0.2) is 6.61 Å². The summed E-state index contributed by atoms with van der Waals surface area (Å²) < 4.78 is 16.4. The quantitative estimate of drug-likeness (QED) is 0.0466. The summed E-state index contributed by atoms with van der Waals surface area (Å²) in [5, 5.41) is 20.8. The van der Waals surface area contributed by atoms with Gasteiger partial charge < -0.3 is 45.2 Å². The maximum absolute atomic E-state index is 13.2. The second-order valence-corrected chi connectivity index (χ2v) is 15.8. The molecular formula is C42H46N8O13S. The number of aromatic nitrogens is 2. The fourth-order valence-corrected chi connectivity index (χ4v) is 7.77. The Kier molecular flexibility index (Phi) is 15.5. The highest BCUT2D eigenvalue weighted by Crippen LogP contribution is 2.33. The molecule has 2 atom stereocenters. The molecule has 22 heteroatoms. The van der Waals surface area contributed by atoms with Crippen LogP contribution in [0.25, 0.3) is 10.9 Å². The number of rotatable bonds is 22. The van der Waals surface area contributed by atoms with E-state index in [-0.39, 0.29) is 92.5 Å². The number of carboxylic acids is 1. The largest absolute Gasteiger partial charge is 0.483 e. The molecule has 2 aromatic heterocycles. The number of nitrogens with one attached hydrogen (secondary N) is 5. The molecule has 64 heavy (non-hydrogen) atoms. The van der Waals surface area contributed by atoms with Crippen LogP contribution in [0.3, 0.4) is 0 Å². The van der Waals surface area contributed by atoms with Crippen molar-refractivity contribution in [1.82, 2.24) is 36.1 Å². The van der Waals surface area contributed by atoms with Crippen molar-refractivity contribution in [3.63, 3.8) is 0 Å². The summed E-state index contributed by atoms with van der Waals surface area (Å²) in [6.07, 6.45) is -0.314. The molecule has 1 unspecified atom stereocenters. The van der Waals surface area contributed by atoms with E-state index in [1.807, 2.05) is 18.0 Å². The highest BCUT2D eigenvalue weighted by atomic mass is 32.1. The molecule has 0 saturated carbocycles. The Balaban J connectivity index is 0.810. The molecule has 6 N–H and O–H groups in total. The van der Waals surface area contributed by atoms with Gasteiger partial charge in [-0.25, -0.2) is 9.78 Å². The lowest BCUT2D eigenvalue weighted by Gasteiger charge is -2.27. The van der Waals surface area contributed by atoms with Gasteiger partial charge in [-0.15, -0.1) is 11.3 Å². The Morgan fingerprint density at radius 1 is 0.953 bits per heavy atom. The van der Waals surface area contributed by atoms with Crippen LogP contribution in [-0.2, 0) is 40.0 Å². The van der Waals surface area contributed by atoms with Crippen LogP contribution < -0.4 is 36.5 Å². The van der Waals surface area contributed by atoms with Crippen molar-refractivity contribution in [3.05, 3.63) is 86.3 Å². The molecule has 7 amide bonds.